The second kappa shape index (κ2) is 7.81. The van der Waals surface area contributed by atoms with Crippen LogP contribution in [-0.2, 0) is 0 Å². The zero-order chi connectivity index (χ0) is 42.6. The summed E-state index contributed by atoms with van der Waals surface area (Å²) < 4.78 is 189. The van der Waals surface area contributed by atoms with E-state index in [1.54, 1.807) is 0 Å². The molecule has 0 radical (unpaired) electrons. The first-order chi connectivity index (χ1) is 27.1. The fraction of sp³-hybridized carbons (Fsp3) is 0. The van der Waals surface area contributed by atoms with Gasteiger partial charge in [0.05, 0.1) is 28.8 Å². The van der Waals surface area contributed by atoms with E-state index in [0.29, 0.717) is 0 Å². The molecule has 0 fully saturated rings. The first kappa shape index (κ1) is 8.61. The van der Waals surface area contributed by atoms with Gasteiger partial charge >= 0.3 is 0 Å². The lowest BCUT2D eigenvalue weighted by atomic mass is 9.86. The fourth-order valence-corrected chi connectivity index (χ4v) is 4.57. The normalized spacial score (nSPS) is 19.7. The highest BCUT2D eigenvalue weighted by Crippen LogP contribution is 2.44. The molecule has 8 rings (SSSR count). The van der Waals surface area contributed by atoms with Crippen molar-refractivity contribution in [2.24, 2.45) is 0 Å². The SMILES string of the molecule is [2H]c1c([2H])c([2H])c(-c2c3c([2H])c([2H])c([2H])c([2H])c3c(-c3cc4oc5c([2H])c6c([2H])c([2H])c([2H])c([2H])c6c([2H])c5c4c([2H])c3[2H])c3c([2H])c([2H])c([2H])c([2H])c23)c([2H])c1[2H]. The van der Waals surface area contributed by atoms with Gasteiger partial charge < -0.3 is 4.42 Å². The molecule has 0 saturated carbocycles. The molecule has 172 valence electrons. The second-order valence-corrected chi connectivity index (χ2v) is 8.10. The summed E-state index contributed by atoms with van der Waals surface area (Å²) in [5, 5.41) is -3.19. The standard InChI is InChI=1S/C36H22O/c1-2-10-23(11-3-1)35-28-14-6-8-16-30(28)36(31-17-9-7-15-29(31)35)26-18-19-27-32-20-24-12-4-5-13-25(24)21-34(32)37-33(27)22-26/h1-22H/i1D,2D,3D,4D,5D,6D,7D,8D,9D,10D,11D,12D,13D,14D,15D,16D,17D,18D,19D,20D,21D. The Morgan fingerprint density at radius 1 is 0.405 bits per heavy atom. The van der Waals surface area contributed by atoms with Gasteiger partial charge in [0, 0.05) is 10.8 Å². The van der Waals surface area contributed by atoms with Gasteiger partial charge in [0.25, 0.3) is 0 Å². The Bertz CT molecular complexity index is 3180. The number of furan rings is 1. The lowest BCUT2D eigenvalue weighted by Gasteiger charge is -2.17. The van der Waals surface area contributed by atoms with Gasteiger partial charge in [0.15, 0.2) is 0 Å². The number of benzene rings is 7. The third-order valence-electron chi connectivity index (χ3n) is 6.10. The third kappa shape index (κ3) is 3.04. The summed E-state index contributed by atoms with van der Waals surface area (Å²) >= 11 is 0. The zero-order valence-corrected chi connectivity index (χ0v) is 18.5. The van der Waals surface area contributed by atoms with E-state index in [2.05, 4.69) is 0 Å². The van der Waals surface area contributed by atoms with Crippen LogP contribution >= 0.6 is 0 Å². The largest absolute Gasteiger partial charge is 0.456 e. The molecule has 1 aromatic heterocycles. The van der Waals surface area contributed by atoms with Gasteiger partial charge in [-0.05, 0) is 78.8 Å². The van der Waals surface area contributed by atoms with E-state index >= 15 is 0 Å². The van der Waals surface area contributed by atoms with Crippen molar-refractivity contribution in [3.63, 3.8) is 0 Å². The Morgan fingerprint density at radius 3 is 1.59 bits per heavy atom. The molecule has 0 amide bonds. The van der Waals surface area contributed by atoms with Gasteiger partial charge in [-0.1, -0.05) is 109 Å². The van der Waals surface area contributed by atoms with Crippen molar-refractivity contribution in [3.05, 3.63) is 133 Å². The molecule has 8 aromatic rings. The molecule has 0 saturated heterocycles. The molecule has 0 bridgehead atoms. The lowest BCUT2D eigenvalue weighted by Crippen LogP contribution is -1.90. The predicted octanol–water partition coefficient (Wildman–Crippen LogP) is 10.4. The van der Waals surface area contributed by atoms with Crippen molar-refractivity contribution in [2.45, 2.75) is 0 Å². The average Bonchev–Trinajstić information content (AvgIpc) is 3.60. The predicted molar refractivity (Wildman–Crippen MR) is 157 cm³/mol. The molecule has 0 aliphatic rings. The van der Waals surface area contributed by atoms with Gasteiger partial charge in [0.1, 0.15) is 11.2 Å². The molecular formula is C36H22O. The number of hydrogen-bond donors (Lipinski definition) is 0. The van der Waals surface area contributed by atoms with E-state index in [9.17, 15) is 2.74 Å². The summed E-state index contributed by atoms with van der Waals surface area (Å²) in [7, 11) is 0. The molecule has 0 atom stereocenters. The van der Waals surface area contributed by atoms with Crippen molar-refractivity contribution < 1.29 is 33.2 Å². The van der Waals surface area contributed by atoms with Crippen molar-refractivity contribution in [3.8, 4) is 22.3 Å². The van der Waals surface area contributed by atoms with E-state index in [1.165, 1.54) is 0 Å². The maximum atomic E-state index is 9.34. The fourth-order valence-electron chi connectivity index (χ4n) is 4.57. The Kier molecular flexibility index (Phi) is 1.82. The van der Waals surface area contributed by atoms with Crippen molar-refractivity contribution in [1.82, 2.24) is 0 Å². The minimum absolute atomic E-state index is 0.232. The highest BCUT2D eigenvalue weighted by molar-refractivity contribution is 6.22. The van der Waals surface area contributed by atoms with Crippen LogP contribution < -0.4 is 0 Å². The summed E-state index contributed by atoms with van der Waals surface area (Å²) in [4.78, 5) is 0. The summed E-state index contributed by atoms with van der Waals surface area (Å²) in [6, 6.07) is -14.7. The number of rotatable bonds is 2. The van der Waals surface area contributed by atoms with Crippen LogP contribution in [0, 0.1) is 0 Å². The van der Waals surface area contributed by atoms with Gasteiger partial charge in [-0.3, -0.25) is 0 Å². The molecule has 37 heavy (non-hydrogen) atoms. The van der Waals surface area contributed by atoms with Crippen LogP contribution in [0.4, 0.5) is 0 Å². The highest BCUT2D eigenvalue weighted by atomic mass is 16.3. The first-order valence-electron chi connectivity index (χ1n) is 21.5. The van der Waals surface area contributed by atoms with Crippen LogP contribution in [0.3, 0.4) is 0 Å². The Balaban J connectivity index is 1.68. The summed E-state index contributed by atoms with van der Waals surface area (Å²) in [5.41, 5.74) is -2.65. The van der Waals surface area contributed by atoms with Crippen molar-refractivity contribution in [2.75, 3.05) is 0 Å². The first-order valence-corrected chi connectivity index (χ1v) is 11.0. The quantitative estimate of drug-likeness (QED) is 0.219. The molecule has 0 unspecified atom stereocenters. The minimum Gasteiger partial charge on any atom is -0.456 e. The molecule has 1 heteroatoms. The van der Waals surface area contributed by atoms with Crippen LogP contribution in [0.25, 0.3) is 76.5 Å². The maximum absolute atomic E-state index is 9.34. The number of hydrogen-bond acceptors (Lipinski definition) is 1. The van der Waals surface area contributed by atoms with E-state index in [4.69, 9.17) is 30.5 Å². The lowest BCUT2D eigenvalue weighted by molar-refractivity contribution is 0.669. The summed E-state index contributed by atoms with van der Waals surface area (Å²) in [6.07, 6.45) is 0. The molecule has 0 spiro atoms. The van der Waals surface area contributed by atoms with Gasteiger partial charge in [0.2, 0.25) is 0 Å². The van der Waals surface area contributed by atoms with E-state index in [1.807, 2.05) is 0 Å². The van der Waals surface area contributed by atoms with E-state index < -0.39 is 165 Å². The Labute approximate surface area is 243 Å². The minimum atomic E-state index is -0.843. The van der Waals surface area contributed by atoms with Gasteiger partial charge in [-0.2, -0.15) is 0 Å². The summed E-state index contributed by atoms with van der Waals surface area (Å²) in [6.45, 7) is 0. The Hall–Kier alpha value is -4.88. The molecule has 0 N–H and O–H groups in total. The monoisotopic (exact) mass is 491 g/mol. The number of fused-ring (bicyclic) bond motifs is 6. The summed E-state index contributed by atoms with van der Waals surface area (Å²) in [5.74, 6) is 0. The van der Waals surface area contributed by atoms with Crippen LogP contribution in [-0.4, -0.2) is 0 Å². The highest BCUT2D eigenvalue weighted by Gasteiger charge is 2.17. The molecule has 7 aromatic carbocycles. The van der Waals surface area contributed by atoms with Crippen LogP contribution in [0.1, 0.15) is 28.8 Å². The van der Waals surface area contributed by atoms with Crippen LogP contribution in [0.15, 0.2) is 137 Å². The molecular weight excluding hydrogens is 448 g/mol. The van der Waals surface area contributed by atoms with Gasteiger partial charge in [-0.15, -0.1) is 0 Å². The molecule has 1 heterocycles. The van der Waals surface area contributed by atoms with E-state index in [0.717, 1.165) is 6.07 Å². The zero-order valence-electron chi connectivity index (χ0n) is 39.5. The molecule has 0 aliphatic heterocycles. The van der Waals surface area contributed by atoms with Crippen LogP contribution in [0.2, 0.25) is 0 Å². The average molecular weight is 492 g/mol. The molecule has 0 aliphatic carbocycles. The van der Waals surface area contributed by atoms with Gasteiger partial charge in [-0.25, -0.2) is 0 Å². The van der Waals surface area contributed by atoms with Crippen LogP contribution in [0.5, 0.6) is 0 Å². The van der Waals surface area contributed by atoms with Crippen molar-refractivity contribution in [1.29, 1.82) is 0 Å². The smallest absolute Gasteiger partial charge is 0.136 e. The maximum Gasteiger partial charge on any atom is 0.136 e. The topological polar surface area (TPSA) is 13.1 Å². The Morgan fingerprint density at radius 2 is 0.946 bits per heavy atom. The second-order valence-electron chi connectivity index (χ2n) is 8.10. The van der Waals surface area contributed by atoms with E-state index in [-0.39, 0.29) is 38.3 Å². The molecule has 1 nitrogen and oxygen atoms in total. The van der Waals surface area contributed by atoms with Crippen molar-refractivity contribution >= 4 is 54.3 Å². The third-order valence-corrected chi connectivity index (χ3v) is 6.10.